The highest BCUT2D eigenvalue weighted by Gasteiger charge is 2.12. The van der Waals surface area contributed by atoms with Gasteiger partial charge >= 0.3 is 5.97 Å². The number of hydrogen-bond acceptors (Lipinski definition) is 5. The summed E-state index contributed by atoms with van der Waals surface area (Å²) >= 11 is 6.00. The molecule has 3 rings (SSSR count). The van der Waals surface area contributed by atoms with Crippen LogP contribution in [0.25, 0.3) is 11.1 Å². The van der Waals surface area contributed by atoms with Crippen molar-refractivity contribution in [2.24, 2.45) is 0 Å². The van der Waals surface area contributed by atoms with E-state index in [1.54, 1.807) is 30.3 Å². The number of carbonyl (C=O) groups excluding carboxylic acids is 2. The first-order valence-corrected chi connectivity index (χ1v) is 7.52. The number of nitrogens with zero attached hydrogens (tertiary/aromatic N) is 1. The minimum atomic E-state index is -0.604. The Bertz CT molecular complexity index is 891. The molecule has 1 amide bonds. The van der Waals surface area contributed by atoms with E-state index < -0.39 is 11.9 Å². The van der Waals surface area contributed by atoms with Crippen LogP contribution in [0.5, 0.6) is 0 Å². The van der Waals surface area contributed by atoms with E-state index in [9.17, 15) is 9.59 Å². The Kier molecular flexibility index (Phi) is 4.77. The average molecular weight is 345 g/mol. The first-order valence-electron chi connectivity index (χ1n) is 7.14. The van der Waals surface area contributed by atoms with Gasteiger partial charge < -0.3 is 14.5 Å². The third-order valence-corrected chi connectivity index (χ3v) is 3.70. The number of esters is 1. The van der Waals surface area contributed by atoms with Crippen LogP contribution < -0.4 is 5.32 Å². The summed E-state index contributed by atoms with van der Waals surface area (Å²) in [7, 11) is 0. The van der Waals surface area contributed by atoms with Crippen molar-refractivity contribution in [2.75, 3.05) is 6.61 Å². The molecule has 0 aliphatic rings. The van der Waals surface area contributed by atoms with Crippen LogP contribution in [-0.2, 0) is 16.1 Å². The van der Waals surface area contributed by atoms with Gasteiger partial charge in [-0.25, -0.2) is 9.78 Å². The normalized spacial score (nSPS) is 10.5. The number of carbonyl (C=O) groups is 2. The minimum absolute atomic E-state index is 0.265. The van der Waals surface area contributed by atoms with Gasteiger partial charge in [-0.05, 0) is 29.8 Å². The summed E-state index contributed by atoms with van der Waals surface area (Å²) in [6.45, 7) is -0.110. The molecule has 0 saturated heterocycles. The Hall–Kier alpha value is -2.86. The van der Waals surface area contributed by atoms with Crippen LogP contribution in [0.2, 0.25) is 5.02 Å². The number of ether oxygens (including phenoxy) is 1. The molecule has 0 unspecified atom stereocenters. The van der Waals surface area contributed by atoms with Gasteiger partial charge in [-0.1, -0.05) is 29.8 Å². The Labute approximate surface area is 142 Å². The lowest BCUT2D eigenvalue weighted by atomic mass is 10.2. The molecule has 0 fully saturated rings. The zero-order valence-corrected chi connectivity index (χ0v) is 13.2. The number of halogens is 1. The fourth-order valence-corrected chi connectivity index (χ4v) is 2.29. The number of aromatic nitrogens is 1. The number of hydrogen-bond donors (Lipinski definition) is 1. The van der Waals surface area contributed by atoms with E-state index in [0.29, 0.717) is 21.7 Å². The van der Waals surface area contributed by atoms with Crippen LogP contribution in [-0.4, -0.2) is 23.5 Å². The SMILES string of the molecule is O=C(COC(=O)c1ccc2ocnc2c1)NCc1ccccc1Cl. The van der Waals surface area contributed by atoms with Gasteiger partial charge in [-0.2, -0.15) is 0 Å². The summed E-state index contributed by atoms with van der Waals surface area (Å²) in [5.74, 6) is -1.02. The maximum Gasteiger partial charge on any atom is 0.338 e. The fraction of sp³-hybridized carbons (Fsp3) is 0.118. The van der Waals surface area contributed by atoms with Crippen molar-refractivity contribution in [1.29, 1.82) is 0 Å². The summed E-state index contributed by atoms with van der Waals surface area (Å²) < 4.78 is 10.1. The molecule has 1 heterocycles. The largest absolute Gasteiger partial charge is 0.452 e. The summed E-state index contributed by atoms with van der Waals surface area (Å²) in [5, 5.41) is 3.21. The van der Waals surface area contributed by atoms with Gasteiger partial charge in [0.25, 0.3) is 5.91 Å². The minimum Gasteiger partial charge on any atom is -0.452 e. The maximum absolute atomic E-state index is 12.0. The van der Waals surface area contributed by atoms with Crippen molar-refractivity contribution < 1.29 is 18.7 Å². The quantitative estimate of drug-likeness (QED) is 0.720. The second-order valence-corrected chi connectivity index (χ2v) is 5.39. The molecule has 2 aromatic carbocycles. The lowest BCUT2D eigenvalue weighted by molar-refractivity contribution is -0.124. The molecule has 0 aliphatic heterocycles. The third kappa shape index (κ3) is 3.72. The Morgan fingerprint density at radius 2 is 2.04 bits per heavy atom. The van der Waals surface area contributed by atoms with Gasteiger partial charge in [0.1, 0.15) is 5.52 Å². The van der Waals surface area contributed by atoms with Crippen molar-refractivity contribution in [3.05, 3.63) is 65.0 Å². The van der Waals surface area contributed by atoms with Crippen molar-refractivity contribution in [3.8, 4) is 0 Å². The van der Waals surface area contributed by atoms with Crippen LogP contribution in [0.4, 0.5) is 0 Å². The highest BCUT2D eigenvalue weighted by atomic mass is 35.5. The first kappa shape index (κ1) is 16.0. The zero-order chi connectivity index (χ0) is 16.9. The van der Waals surface area contributed by atoms with Crippen molar-refractivity contribution in [1.82, 2.24) is 10.3 Å². The lowest BCUT2D eigenvalue weighted by Gasteiger charge is -2.08. The molecule has 0 saturated carbocycles. The second kappa shape index (κ2) is 7.14. The number of amides is 1. The van der Waals surface area contributed by atoms with Gasteiger partial charge in [0, 0.05) is 11.6 Å². The van der Waals surface area contributed by atoms with E-state index in [-0.39, 0.29) is 13.2 Å². The Morgan fingerprint density at radius 1 is 1.21 bits per heavy atom. The highest BCUT2D eigenvalue weighted by molar-refractivity contribution is 6.31. The van der Waals surface area contributed by atoms with Gasteiger partial charge in [-0.3, -0.25) is 4.79 Å². The van der Waals surface area contributed by atoms with Crippen molar-refractivity contribution in [2.45, 2.75) is 6.54 Å². The molecular weight excluding hydrogens is 332 g/mol. The number of fused-ring (bicyclic) bond motifs is 1. The van der Waals surface area contributed by atoms with E-state index in [1.165, 1.54) is 6.39 Å². The monoisotopic (exact) mass is 344 g/mol. The van der Waals surface area contributed by atoms with Crippen LogP contribution >= 0.6 is 11.6 Å². The molecule has 1 N–H and O–H groups in total. The molecular formula is C17H13ClN2O4. The molecule has 7 heteroatoms. The molecule has 0 atom stereocenters. The molecule has 3 aromatic rings. The predicted molar refractivity (Wildman–Crippen MR) is 87.6 cm³/mol. The molecule has 122 valence electrons. The number of oxazole rings is 1. The topological polar surface area (TPSA) is 81.4 Å². The number of rotatable bonds is 5. The maximum atomic E-state index is 12.0. The summed E-state index contributed by atoms with van der Waals surface area (Å²) in [5.41, 5.74) is 2.21. The van der Waals surface area contributed by atoms with Gasteiger partial charge in [0.2, 0.25) is 0 Å². The number of nitrogens with one attached hydrogen (secondary N) is 1. The van der Waals surface area contributed by atoms with Crippen LogP contribution in [0, 0.1) is 0 Å². The van der Waals surface area contributed by atoms with Crippen molar-refractivity contribution >= 4 is 34.6 Å². The smallest absolute Gasteiger partial charge is 0.338 e. The van der Waals surface area contributed by atoms with Crippen molar-refractivity contribution in [3.63, 3.8) is 0 Å². The van der Waals surface area contributed by atoms with E-state index in [2.05, 4.69) is 10.3 Å². The first-order chi connectivity index (χ1) is 11.6. The van der Waals surface area contributed by atoms with Gasteiger partial charge in [-0.15, -0.1) is 0 Å². The van der Waals surface area contributed by atoms with E-state index in [4.69, 9.17) is 20.8 Å². The molecule has 24 heavy (non-hydrogen) atoms. The van der Waals surface area contributed by atoms with E-state index >= 15 is 0 Å². The molecule has 1 aromatic heterocycles. The molecule has 0 aliphatic carbocycles. The standard InChI is InChI=1S/C17H13ClN2O4/c18-13-4-2-1-3-12(13)8-19-16(21)9-23-17(22)11-5-6-15-14(7-11)20-10-24-15/h1-7,10H,8-9H2,(H,19,21). The molecule has 0 radical (unpaired) electrons. The van der Waals surface area contributed by atoms with Crippen LogP contribution in [0.1, 0.15) is 15.9 Å². The fourth-order valence-electron chi connectivity index (χ4n) is 2.09. The molecule has 0 spiro atoms. The Balaban J connectivity index is 1.52. The summed E-state index contributed by atoms with van der Waals surface area (Å²) in [6.07, 6.45) is 1.29. The Morgan fingerprint density at radius 3 is 2.88 bits per heavy atom. The van der Waals surface area contributed by atoms with Gasteiger partial charge in [0.05, 0.1) is 5.56 Å². The second-order valence-electron chi connectivity index (χ2n) is 4.98. The van der Waals surface area contributed by atoms with E-state index in [0.717, 1.165) is 5.56 Å². The average Bonchev–Trinajstić information content (AvgIpc) is 3.06. The van der Waals surface area contributed by atoms with Crippen LogP contribution in [0.15, 0.2) is 53.3 Å². The summed E-state index contributed by atoms with van der Waals surface area (Å²) in [4.78, 5) is 27.7. The number of benzene rings is 2. The third-order valence-electron chi connectivity index (χ3n) is 3.33. The van der Waals surface area contributed by atoms with Gasteiger partial charge in [0.15, 0.2) is 18.6 Å². The zero-order valence-electron chi connectivity index (χ0n) is 12.5. The highest BCUT2D eigenvalue weighted by Crippen LogP contribution is 2.15. The lowest BCUT2D eigenvalue weighted by Crippen LogP contribution is -2.28. The molecule has 0 bridgehead atoms. The van der Waals surface area contributed by atoms with Crippen LogP contribution in [0.3, 0.4) is 0 Å². The van der Waals surface area contributed by atoms with E-state index in [1.807, 2.05) is 12.1 Å². The predicted octanol–water partition coefficient (Wildman–Crippen LogP) is 2.95. The molecule has 6 nitrogen and oxygen atoms in total. The summed E-state index contributed by atoms with van der Waals surface area (Å²) in [6, 6.07) is 11.9.